The summed E-state index contributed by atoms with van der Waals surface area (Å²) in [6, 6.07) is 0. The zero-order valence-electron chi connectivity index (χ0n) is 9.16. The van der Waals surface area contributed by atoms with Crippen LogP contribution in [0.25, 0.3) is 0 Å². The number of aliphatic hydroxyl groups is 1. The van der Waals surface area contributed by atoms with Gasteiger partial charge in [0.2, 0.25) is 0 Å². The summed E-state index contributed by atoms with van der Waals surface area (Å²) in [5.74, 6) is -0.801. The summed E-state index contributed by atoms with van der Waals surface area (Å²) in [6.45, 7) is 1.11. The summed E-state index contributed by atoms with van der Waals surface area (Å²) in [6.07, 6.45) is 0.135. The lowest BCUT2D eigenvalue weighted by molar-refractivity contribution is -0.137. The number of nitrogens with zero attached hydrogens (tertiary/aromatic N) is 1. The largest absolute Gasteiger partial charge is 0.481 e. The van der Waals surface area contributed by atoms with Gasteiger partial charge in [0.15, 0.2) is 0 Å². The van der Waals surface area contributed by atoms with Gasteiger partial charge in [0.25, 0.3) is 0 Å². The van der Waals surface area contributed by atoms with Crippen molar-refractivity contribution in [2.24, 2.45) is 0 Å². The first-order valence-electron chi connectivity index (χ1n) is 4.27. The molecule has 0 radical (unpaired) electrons. The molecule has 16 heavy (non-hydrogen) atoms. The fourth-order valence-electron chi connectivity index (χ4n) is 0.569. The molecule has 0 aliphatic carbocycles. The molecule has 0 heterocycles. The summed E-state index contributed by atoms with van der Waals surface area (Å²) >= 11 is 0. The zero-order valence-corrected chi connectivity index (χ0v) is 9.98. The van der Waals surface area contributed by atoms with Gasteiger partial charge in [-0.15, -0.1) is 0 Å². The van der Waals surface area contributed by atoms with Crippen LogP contribution in [0.3, 0.4) is 0 Å². The minimum Gasteiger partial charge on any atom is -0.481 e. The third-order valence-electron chi connectivity index (χ3n) is 1.40. The normalized spacial score (nSPS) is 10.8. The number of carbonyl (C=O) groups is 1. The molecule has 3 N–H and O–H groups in total. The molecule has 0 rings (SSSR count). The van der Waals surface area contributed by atoms with Gasteiger partial charge in [-0.25, -0.2) is 0 Å². The minimum absolute atomic E-state index is 0.0795. The van der Waals surface area contributed by atoms with Crippen molar-refractivity contribution in [3.05, 3.63) is 0 Å². The molecule has 0 aromatic heterocycles. The van der Waals surface area contributed by atoms with E-state index in [2.05, 4.69) is 4.18 Å². The monoisotopic (exact) mass is 259 g/mol. The van der Waals surface area contributed by atoms with Crippen LogP contribution < -0.4 is 0 Å². The van der Waals surface area contributed by atoms with Crippen molar-refractivity contribution in [2.45, 2.75) is 6.42 Å². The first-order chi connectivity index (χ1) is 7.22. The fraction of sp³-hybridized carbons (Fsp3) is 0.857. The smallest absolute Gasteiger partial charge is 0.397 e. The van der Waals surface area contributed by atoms with Crippen molar-refractivity contribution in [1.29, 1.82) is 0 Å². The Bertz CT molecular complexity index is 276. The second-order valence-electron chi connectivity index (χ2n) is 2.77. The Morgan fingerprint density at radius 3 is 2.06 bits per heavy atom. The van der Waals surface area contributed by atoms with E-state index in [0.29, 0.717) is 13.1 Å². The highest BCUT2D eigenvalue weighted by atomic mass is 32.3. The molecule has 98 valence electrons. The molecule has 8 nitrogen and oxygen atoms in total. The van der Waals surface area contributed by atoms with Crippen molar-refractivity contribution in [3.8, 4) is 0 Å². The van der Waals surface area contributed by atoms with Crippen molar-refractivity contribution in [3.63, 3.8) is 0 Å². The van der Waals surface area contributed by atoms with Crippen LogP contribution in [0, 0.1) is 0 Å². The SMILES string of the molecule is CN(CCO)CCC(=O)O.COS(=O)(=O)O. The summed E-state index contributed by atoms with van der Waals surface area (Å²) in [5.41, 5.74) is 0. The number of aliphatic carboxylic acids is 1. The lowest BCUT2D eigenvalue weighted by Crippen LogP contribution is -2.24. The molecule has 0 unspecified atom stereocenters. The molecule has 0 amide bonds. The Morgan fingerprint density at radius 1 is 1.38 bits per heavy atom. The molecule has 9 heteroatoms. The highest BCUT2D eigenvalue weighted by Crippen LogP contribution is 1.85. The molecule has 0 fully saturated rings. The molecule has 0 atom stereocenters. The van der Waals surface area contributed by atoms with E-state index in [0.717, 1.165) is 7.11 Å². The van der Waals surface area contributed by atoms with Gasteiger partial charge in [-0.1, -0.05) is 0 Å². The lowest BCUT2D eigenvalue weighted by Gasteiger charge is -2.12. The summed E-state index contributed by atoms with van der Waals surface area (Å²) in [7, 11) is -1.51. The molecular weight excluding hydrogens is 242 g/mol. The quantitative estimate of drug-likeness (QED) is 0.509. The van der Waals surface area contributed by atoms with Gasteiger partial charge in [-0.2, -0.15) is 8.42 Å². The van der Waals surface area contributed by atoms with E-state index in [4.69, 9.17) is 14.8 Å². The highest BCUT2D eigenvalue weighted by molar-refractivity contribution is 7.80. The van der Waals surface area contributed by atoms with Crippen LogP contribution in [0.15, 0.2) is 0 Å². The molecule has 0 saturated carbocycles. The minimum atomic E-state index is -4.16. The highest BCUT2D eigenvalue weighted by Gasteiger charge is 2.00. The van der Waals surface area contributed by atoms with Crippen molar-refractivity contribution >= 4 is 16.4 Å². The van der Waals surface area contributed by atoms with Gasteiger partial charge in [0.05, 0.1) is 20.1 Å². The molecule has 0 spiro atoms. The Labute approximate surface area is 94.4 Å². The second kappa shape index (κ2) is 9.48. The molecule has 0 aromatic carbocycles. The topological polar surface area (TPSA) is 124 Å². The summed E-state index contributed by atoms with van der Waals surface area (Å²) in [4.78, 5) is 11.8. The zero-order chi connectivity index (χ0) is 13.2. The third-order valence-corrected chi connectivity index (χ3v) is 1.82. The number of aliphatic hydroxyl groups excluding tert-OH is 1. The predicted molar refractivity (Wildman–Crippen MR) is 55.4 cm³/mol. The van der Waals surface area contributed by atoms with Crippen LogP contribution in [0.1, 0.15) is 6.42 Å². The number of carboxylic acid groups (broad SMARTS) is 1. The molecule has 0 aliphatic heterocycles. The van der Waals surface area contributed by atoms with Gasteiger partial charge >= 0.3 is 16.4 Å². The Hall–Kier alpha value is -0.740. The Balaban J connectivity index is 0. The maximum atomic E-state index is 10.0. The second-order valence-corrected chi connectivity index (χ2v) is 3.95. The van der Waals surface area contributed by atoms with E-state index in [1.807, 2.05) is 0 Å². The molecular formula is C7H17NO7S. The van der Waals surface area contributed by atoms with Crippen LogP contribution >= 0.6 is 0 Å². The standard InChI is InChI=1S/C6H13NO3.CH4O4S/c1-7(4-5-8)3-2-6(9)10;1-5-6(2,3)4/h8H,2-5H2,1H3,(H,9,10);1H3,(H,2,3,4). The predicted octanol–water partition coefficient (Wildman–Crippen LogP) is -1.18. The van der Waals surface area contributed by atoms with Crippen molar-refractivity contribution in [2.75, 3.05) is 33.9 Å². The molecule has 0 bridgehead atoms. The lowest BCUT2D eigenvalue weighted by atomic mass is 10.4. The van der Waals surface area contributed by atoms with Crippen LogP contribution in [0.2, 0.25) is 0 Å². The van der Waals surface area contributed by atoms with Gasteiger partial charge in [0, 0.05) is 13.1 Å². The number of carboxylic acids is 1. The molecule has 0 aromatic rings. The van der Waals surface area contributed by atoms with E-state index in [1.54, 1.807) is 11.9 Å². The first kappa shape index (κ1) is 17.6. The number of hydrogen-bond acceptors (Lipinski definition) is 6. The summed E-state index contributed by atoms with van der Waals surface area (Å²) < 4.78 is 29.7. The van der Waals surface area contributed by atoms with Gasteiger partial charge < -0.3 is 15.1 Å². The van der Waals surface area contributed by atoms with E-state index in [1.165, 1.54) is 0 Å². The fourth-order valence-corrected chi connectivity index (χ4v) is 0.569. The summed E-state index contributed by atoms with van der Waals surface area (Å²) in [5, 5.41) is 16.7. The van der Waals surface area contributed by atoms with Crippen molar-refractivity contribution < 1.29 is 32.2 Å². The Kier molecular flexibility index (Phi) is 10.5. The van der Waals surface area contributed by atoms with Crippen LogP contribution in [0.4, 0.5) is 0 Å². The Morgan fingerprint density at radius 2 is 1.81 bits per heavy atom. The van der Waals surface area contributed by atoms with Gasteiger partial charge in [-0.05, 0) is 7.05 Å². The molecule has 0 aliphatic rings. The van der Waals surface area contributed by atoms with E-state index in [-0.39, 0.29) is 13.0 Å². The van der Waals surface area contributed by atoms with Crippen LogP contribution in [-0.2, 0) is 19.4 Å². The van der Waals surface area contributed by atoms with E-state index < -0.39 is 16.4 Å². The van der Waals surface area contributed by atoms with Crippen molar-refractivity contribution in [1.82, 2.24) is 4.90 Å². The third kappa shape index (κ3) is 18.9. The number of hydrogen-bond donors (Lipinski definition) is 3. The average molecular weight is 259 g/mol. The maximum Gasteiger partial charge on any atom is 0.397 e. The molecule has 0 saturated heterocycles. The average Bonchev–Trinajstić information content (AvgIpc) is 2.15. The number of rotatable bonds is 6. The van der Waals surface area contributed by atoms with E-state index >= 15 is 0 Å². The maximum absolute atomic E-state index is 10.0. The van der Waals surface area contributed by atoms with Crippen LogP contribution in [-0.4, -0.2) is 67.9 Å². The van der Waals surface area contributed by atoms with Gasteiger partial charge in [-0.3, -0.25) is 13.5 Å². The first-order valence-corrected chi connectivity index (χ1v) is 5.63. The van der Waals surface area contributed by atoms with E-state index in [9.17, 15) is 13.2 Å². The van der Waals surface area contributed by atoms with Crippen LogP contribution in [0.5, 0.6) is 0 Å². The van der Waals surface area contributed by atoms with Gasteiger partial charge in [0.1, 0.15) is 0 Å². The number of likely N-dealkylation sites (N-methyl/N-ethyl adjacent to an activating group) is 1.